The van der Waals surface area contributed by atoms with Crippen LogP contribution in [0.2, 0.25) is 0 Å². The molecule has 1 unspecified atom stereocenters. The number of hydrogen-bond donors (Lipinski definition) is 0. The van der Waals surface area contributed by atoms with E-state index in [-0.39, 0.29) is 5.78 Å². The first-order chi connectivity index (χ1) is 16.4. The number of carbonyl (C=O) groups excluding carboxylic acids is 1. The van der Waals surface area contributed by atoms with Gasteiger partial charge in [0.2, 0.25) is 0 Å². The first-order valence-corrected chi connectivity index (χ1v) is 12.5. The second kappa shape index (κ2) is 11.4. The molecule has 0 saturated heterocycles. The van der Waals surface area contributed by atoms with E-state index in [1.54, 1.807) is 28.3 Å². The van der Waals surface area contributed by atoms with Gasteiger partial charge in [-0.15, -0.1) is 0 Å². The molecule has 0 bridgehead atoms. The Hall–Kier alpha value is -2.27. The molecule has 1 aliphatic rings. The number of carbonyl (C=O) groups is 1. The van der Waals surface area contributed by atoms with E-state index in [4.69, 9.17) is 14.2 Å². The van der Waals surface area contributed by atoms with Gasteiger partial charge in [-0.05, 0) is 53.2 Å². The van der Waals surface area contributed by atoms with Gasteiger partial charge >= 0.3 is 0 Å². The number of ketones is 1. The summed E-state index contributed by atoms with van der Waals surface area (Å²) in [5.74, 6) is -1.67. The largest absolute Gasteiger partial charge is 0.330 e. The Labute approximate surface area is 205 Å². The minimum Gasteiger partial charge on any atom is -0.330 e. The molecule has 0 radical (unpaired) electrons. The van der Waals surface area contributed by atoms with Crippen LogP contribution in [0.3, 0.4) is 0 Å². The Kier molecular flexibility index (Phi) is 8.86. The summed E-state index contributed by atoms with van der Waals surface area (Å²) in [5, 5.41) is 0. The molecule has 0 aliphatic heterocycles. The van der Waals surface area contributed by atoms with Gasteiger partial charge < -0.3 is 14.2 Å². The van der Waals surface area contributed by atoms with E-state index in [2.05, 4.69) is 49.9 Å². The molecule has 2 aromatic carbocycles. The topological polar surface area (TPSA) is 44.8 Å². The second-order valence-electron chi connectivity index (χ2n) is 9.37. The summed E-state index contributed by atoms with van der Waals surface area (Å²) >= 11 is 0. The smallest absolute Gasteiger partial charge is 0.300 e. The van der Waals surface area contributed by atoms with Crippen LogP contribution in [-0.4, -0.2) is 33.1 Å². The lowest BCUT2D eigenvalue weighted by atomic mass is 9.66. The lowest BCUT2D eigenvalue weighted by Crippen LogP contribution is -2.60. The molecule has 3 rings (SSSR count). The van der Waals surface area contributed by atoms with Crippen molar-refractivity contribution in [2.45, 2.75) is 76.6 Å². The van der Waals surface area contributed by atoms with Crippen molar-refractivity contribution < 1.29 is 19.0 Å². The summed E-state index contributed by atoms with van der Waals surface area (Å²) in [5.41, 5.74) is 4.97. The fraction of sp³-hybridized carbons (Fsp3) is 0.500. The Balaban J connectivity index is 2.19. The predicted octanol–water partition coefficient (Wildman–Crippen LogP) is 6.98. The zero-order valence-electron chi connectivity index (χ0n) is 21.5. The van der Waals surface area contributed by atoms with Crippen LogP contribution < -0.4 is 0 Å². The number of benzene rings is 2. The van der Waals surface area contributed by atoms with Crippen molar-refractivity contribution in [2.24, 2.45) is 0 Å². The number of Topliss-reactive ketones (excluding diaryl/α,β-unsaturated/α-hetero) is 1. The van der Waals surface area contributed by atoms with Crippen molar-refractivity contribution in [3.8, 4) is 11.1 Å². The van der Waals surface area contributed by atoms with E-state index in [0.717, 1.165) is 42.4 Å². The number of unbranched alkanes of at least 4 members (excludes halogenated alkanes) is 5. The molecule has 0 saturated carbocycles. The molecule has 0 N–H and O–H groups in total. The first-order valence-electron chi connectivity index (χ1n) is 12.5. The van der Waals surface area contributed by atoms with Gasteiger partial charge in [0.1, 0.15) is 5.41 Å². The Bertz CT molecular complexity index is 996. The predicted molar refractivity (Wildman–Crippen MR) is 138 cm³/mol. The zero-order valence-corrected chi connectivity index (χ0v) is 21.5. The minimum absolute atomic E-state index is 0.101. The molecule has 1 aliphatic carbocycles. The average Bonchev–Trinajstić information content (AvgIpc) is 3.24. The van der Waals surface area contributed by atoms with Crippen LogP contribution in [0.5, 0.6) is 0 Å². The van der Waals surface area contributed by atoms with Gasteiger partial charge in [-0.25, -0.2) is 0 Å². The molecule has 0 spiro atoms. The summed E-state index contributed by atoms with van der Waals surface area (Å²) in [6.07, 6.45) is 7.99. The van der Waals surface area contributed by atoms with Crippen LogP contribution in [0.25, 0.3) is 11.1 Å². The molecule has 0 heterocycles. The van der Waals surface area contributed by atoms with Crippen LogP contribution in [-0.2, 0) is 30.8 Å². The third-order valence-corrected chi connectivity index (χ3v) is 7.32. The highest BCUT2D eigenvalue weighted by Crippen LogP contribution is 2.50. The molecule has 0 fully saturated rings. The number of rotatable bonds is 14. The van der Waals surface area contributed by atoms with Crippen molar-refractivity contribution in [1.82, 2.24) is 0 Å². The minimum atomic E-state index is -1.57. The number of hydrogen-bond acceptors (Lipinski definition) is 4. The van der Waals surface area contributed by atoms with Gasteiger partial charge in [0.15, 0.2) is 5.78 Å². The maximum Gasteiger partial charge on any atom is 0.300 e. The number of ether oxygens (including phenoxy) is 3. The third kappa shape index (κ3) is 4.51. The highest BCUT2D eigenvalue weighted by atomic mass is 16.9. The summed E-state index contributed by atoms with van der Waals surface area (Å²) in [6, 6.07) is 14.7. The average molecular weight is 465 g/mol. The van der Waals surface area contributed by atoms with E-state index in [1.807, 2.05) is 6.07 Å². The van der Waals surface area contributed by atoms with Crippen molar-refractivity contribution in [1.29, 1.82) is 0 Å². The van der Waals surface area contributed by atoms with Crippen LogP contribution in [0.4, 0.5) is 0 Å². The second-order valence-corrected chi connectivity index (χ2v) is 9.37. The zero-order chi connectivity index (χ0) is 24.8. The van der Waals surface area contributed by atoms with Gasteiger partial charge in [-0.1, -0.05) is 94.5 Å². The fourth-order valence-corrected chi connectivity index (χ4v) is 5.69. The number of allylic oxidation sites excluding steroid dienone is 1. The van der Waals surface area contributed by atoms with Crippen LogP contribution in [0.15, 0.2) is 54.6 Å². The molecular formula is C30H40O4. The monoisotopic (exact) mass is 464 g/mol. The summed E-state index contributed by atoms with van der Waals surface area (Å²) < 4.78 is 17.9. The highest BCUT2D eigenvalue weighted by Gasteiger charge is 2.60. The van der Waals surface area contributed by atoms with Crippen molar-refractivity contribution in [3.63, 3.8) is 0 Å². The highest BCUT2D eigenvalue weighted by molar-refractivity contribution is 6.04. The molecule has 2 aromatic rings. The Morgan fingerprint density at radius 2 is 1.50 bits per heavy atom. The number of methoxy groups -OCH3 is 3. The van der Waals surface area contributed by atoms with Gasteiger partial charge in [-0.3, -0.25) is 4.79 Å². The van der Waals surface area contributed by atoms with Gasteiger partial charge in [0.05, 0.1) is 0 Å². The lowest BCUT2D eigenvalue weighted by Gasteiger charge is -2.47. The molecule has 4 heteroatoms. The Morgan fingerprint density at radius 1 is 0.882 bits per heavy atom. The maximum atomic E-state index is 14.2. The van der Waals surface area contributed by atoms with E-state index in [0.29, 0.717) is 12.0 Å². The SMILES string of the molecule is C=C(C)C(=O)C(CCCCCCCC)(c1cccc2c1Cc1ccccc1-2)C(OC)(OC)OC. The molecule has 1 atom stereocenters. The summed E-state index contributed by atoms with van der Waals surface area (Å²) in [4.78, 5) is 14.2. The normalized spacial score (nSPS) is 14.4. The van der Waals surface area contributed by atoms with E-state index in [1.165, 1.54) is 30.4 Å². The molecule has 34 heavy (non-hydrogen) atoms. The Morgan fingerprint density at radius 3 is 2.15 bits per heavy atom. The fourth-order valence-electron chi connectivity index (χ4n) is 5.69. The van der Waals surface area contributed by atoms with Gasteiger partial charge in [0, 0.05) is 21.3 Å². The number of fused-ring (bicyclic) bond motifs is 3. The summed E-state index contributed by atoms with van der Waals surface area (Å²) in [7, 11) is 4.64. The summed E-state index contributed by atoms with van der Waals surface area (Å²) in [6.45, 7) is 8.03. The van der Waals surface area contributed by atoms with Crippen molar-refractivity contribution in [3.05, 3.63) is 71.3 Å². The quantitative estimate of drug-likeness (QED) is 0.147. The van der Waals surface area contributed by atoms with Crippen molar-refractivity contribution >= 4 is 5.78 Å². The van der Waals surface area contributed by atoms with Gasteiger partial charge in [0.25, 0.3) is 5.97 Å². The third-order valence-electron chi connectivity index (χ3n) is 7.32. The van der Waals surface area contributed by atoms with Gasteiger partial charge in [-0.2, -0.15) is 0 Å². The molecular weight excluding hydrogens is 424 g/mol. The first kappa shape index (κ1) is 26.3. The molecule has 184 valence electrons. The maximum absolute atomic E-state index is 14.2. The van der Waals surface area contributed by atoms with E-state index < -0.39 is 11.4 Å². The van der Waals surface area contributed by atoms with E-state index >= 15 is 0 Å². The van der Waals surface area contributed by atoms with Crippen molar-refractivity contribution in [2.75, 3.05) is 21.3 Å². The van der Waals surface area contributed by atoms with Crippen LogP contribution in [0, 0.1) is 0 Å². The van der Waals surface area contributed by atoms with E-state index in [9.17, 15) is 4.79 Å². The lowest BCUT2D eigenvalue weighted by molar-refractivity contribution is -0.380. The van der Waals surface area contributed by atoms with Crippen LogP contribution in [0.1, 0.15) is 75.5 Å². The van der Waals surface area contributed by atoms with Crippen LogP contribution >= 0.6 is 0 Å². The molecule has 0 amide bonds. The molecule has 0 aromatic heterocycles. The standard InChI is InChI=1S/C30H40O4/c1-7-8-9-10-11-14-20-29(28(31)22(2)3,30(32-4,33-5)34-6)27-19-15-18-25-24-17-13-12-16-23(24)21-26(25)27/h12-13,15-19H,2,7-11,14,20-21H2,1,3-6H3. The molecule has 4 nitrogen and oxygen atoms in total.